The highest BCUT2D eigenvalue weighted by Crippen LogP contribution is 2.37. The minimum atomic E-state index is -3.20. The van der Waals surface area contributed by atoms with Crippen LogP contribution in [-0.2, 0) is 19.4 Å². The first-order valence-electron chi connectivity index (χ1n) is 6.00. The van der Waals surface area contributed by atoms with Crippen LogP contribution in [0.5, 0.6) is 0 Å². The molecule has 2 atom stereocenters. The molecule has 1 amide bonds. The molecule has 1 saturated carbocycles. The lowest BCUT2D eigenvalue weighted by Crippen LogP contribution is -2.50. The van der Waals surface area contributed by atoms with E-state index in [1.54, 1.807) is 0 Å². The van der Waals surface area contributed by atoms with Gasteiger partial charge in [0.25, 0.3) is 0 Å². The van der Waals surface area contributed by atoms with Crippen LogP contribution >= 0.6 is 0 Å². The van der Waals surface area contributed by atoms with Crippen molar-refractivity contribution in [3.8, 4) is 0 Å². The van der Waals surface area contributed by atoms with Gasteiger partial charge in [-0.2, -0.15) is 0 Å². The fraction of sp³-hybridized carbons (Fsp3) is 0.818. The average Bonchev–Trinajstić information content (AvgIpc) is 2.99. The molecule has 0 radical (unpaired) electrons. The number of carboxylic acids is 1. The highest BCUT2D eigenvalue weighted by atomic mass is 32.2. The van der Waals surface area contributed by atoms with E-state index in [4.69, 9.17) is 0 Å². The van der Waals surface area contributed by atoms with E-state index in [9.17, 15) is 23.1 Å². The highest BCUT2D eigenvalue weighted by molar-refractivity contribution is 7.91. The average molecular weight is 275 g/mol. The number of hydrogen-bond acceptors (Lipinski definition) is 4. The van der Waals surface area contributed by atoms with Gasteiger partial charge in [0.15, 0.2) is 9.84 Å². The monoisotopic (exact) mass is 275 g/mol. The van der Waals surface area contributed by atoms with Crippen molar-refractivity contribution in [2.24, 2.45) is 11.3 Å². The van der Waals surface area contributed by atoms with Gasteiger partial charge in [-0.3, -0.25) is 9.59 Å². The topological polar surface area (TPSA) is 101 Å². The second-order valence-electron chi connectivity index (χ2n) is 5.36. The highest BCUT2D eigenvalue weighted by Gasteiger charge is 2.52. The summed E-state index contributed by atoms with van der Waals surface area (Å²) >= 11 is 0. The Morgan fingerprint density at radius 3 is 2.28 bits per heavy atom. The van der Waals surface area contributed by atoms with Crippen LogP contribution in [-0.4, -0.2) is 42.9 Å². The maximum Gasteiger partial charge on any atom is 0.319 e. The van der Waals surface area contributed by atoms with E-state index in [2.05, 4.69) is 5.32 Å². The van der Waals surface area contributed by atoms with Crippen molar-refractivity contribution < 1.29 is 23.1 Å². The molecule has 2 unspecified atom stereocenters. The Morgan fingerprint density at radius 2 is 1.89 bits per heavy atom. The molecule has 2 aliphatic rings. The molecule has 1 aliphatic carbocycles. The van der Waals surface area contributed by atoms with Gasteiger partial charge in [0, 0.05) is 6.04 Å². The fourth-order valence-corrected chi connectivity index (χ4v) is 4.19. The molecule has 102 valence electrons. The summed E-state index contributed by atoms with van der Waals surface area (Å²) in [4.78, 5) is 23.5. The molecular formula is C11H17NO5S. The van der Waals surface area contributed by atoms with Gasteiger partial charge in [-0.15, -0.1) is 0 Å². The molecule has 6 nitrogen and oxygen atoms in total. The summed E-state index contributed by atoms with van der Waals surface area (Å²) in [6.07, 6.45) is 1.97. The Balaban J connectivity index is 2.20. The van der Waals surface area contributed by atoms with Gasteiger partial charge < -0.3 is 10.4 Å². The van der Waals surface area contributed by atoms with E-state index in [0.29, 0.717) is 0 Å². The summed E-state index contributed by atoms with van der Waals surface area (Å²) < 4.78 is 22.9. The van der Waals surface area contributed by atoms with Gasteiger partial charge in [0.1, 0.15) is 5.41 Å². The Kier molecular flexibility index (Phi) is 3.12. The molecule has 1 aliphatic heterocycles. The molecule has 18 heavy (non-hydrogen) atoms. The van der Waals surface area contributed by atoms with Crippen LogP contribution < -0.4 is 5.32 Å². The van der Waals surface area contributed by atoms with Crippen LogP contribution in [0.4, 0.5) is 0 Å². The van der Waals surface area contributed by atoms with Crippen molar-refractivity contribution in [3.63, 3.8) is 0 Å². The van der Waals surface area contributed by atoms with Crippen molar-refractivity contribution in [1.82, 2.24) is 5.32 Å². The molecule has 2 fully saturated rings. The zero-order valence-corrected chi connectivity index (χ0v) is 11.0. The zero-order valence-electron chi connectivity index (χ0n) is 10.2. The number of aliphatic carboxylic acids is 1. The Morgan fingerprint density at radius 1 is 1.28 bits per heavy atom. The van der Waals surface area contributed by atoms with E-state index in [1.807, 2.05) is 0 Å². The van der Waals surface area contributed by atoms with Crippen LogP contribution in [0.3, 0.4) is 0 Å². The zero-order chi connectivity index (χ0) is 13.6. The molecule has 1 heterocycles. The van der Waals surface area contributed by atoms with Crippen molar-refractivity contribution in [2.75, 3.05) is 11.5 Å². The van der Waals surface area contributed by atoms with E-state index < -0.39 is 33.0 Å². The predicted molar refractivity (Wildman–Crippen MR) is 63.7 cm³/mol. The number of nitrogens with one attached hydrogen (secondary N) is 1. The third-order valence-corrected chi connectivity index (χ3v) is 5.65. The number of rotatable bonds is 4. The van der Waals surface area contributed by atoms with Crippen LogP contribution in [0.1, 0.15) is 26.2 Å². The van der Waals surface area contributed by atoms with Crippen LogP contribution in [0.2, 0.25) is 0 Å². The quantitative estimate of drug-likeness (QED) is 0.691. The molecule has 2 rings (SSSR count). The molecule has 0 aromatic rings. The molecule has 0 spiro atoms. The van der Waals surface area contributed by atoms with Gasteiger partial charge >= 0.3 is 5.97 Å². The molecule has 2 N–H and O–H groups in total. The summed E-state index contributed by atoms with van der Waals surface area (Å²) in [6, 6.07) is 0.0641. The number of sulfone groups is 1. The maximum atomic E-state index is 12.1. The van der Waals surface area contributed by atoms with Gasteiger partial charge in [0.05, 0.1) is 11.5 Å². The summed E-state index contributed by atoms with van der Waals surface area (Å²) in [5.41, 5.74) is -1.65. The van der Waals surface area contributed by atoms with E-state index >= 15 is 0 Å². The molecular weight excluding hydrogens is 258 g/mol. The lowest BCUT2D eigenvalue weighted by atomic mass is 9.76. The van der Waals surface area contributed by atoms with Gasteiger partial charge in [-0.1, -0.05) is 0 Å². The van der Waals surface area contributed by atoms with Gasteiger partial charge in [-0.05, 0) is 32.1 Å². The largest absolute Gasteiger partial charge is 0.480 e. The van der Waals surface area contributed by atoms with E-state index in [1.165, 1.54) is 6.92 Å². The molecule has 0 aromatic carbocycles. The van der Waals surface area contributed by atoms with Crippen molar-refractivity contribution in [2.45, 2.75) is 32.2 Å². The summed E-state index contributed by atoms with van der Waals surface area (Å²) in [7, 11) is -3.20. The Bertz CT molecular complexity index is 482. The Hall–Kier alpha value is -1.11. The smallest absolute Gasteiger partial charge is 0.319 e. The molecule has 7 heteroatoms. The lowest BCUT2D eigenvalue weighted by Gasteiger charge is -2.29. The number of carboxylic acid groups (broad SMARTS) is 1. The molecule has 0 aromatic heterocycles. The minimum absolute atomic E-state index is 0.0305. The maximum absolute atomic E-state index is 12.1. The van der Waals surface area contributed by atoms with Crippen molar-refractivity contribution in [1.29, 1.82) is 0 Å². The van der Waals surface area contributed by atoms with E-state index in [-0.39, 0.29) is 24.0 Å². The number of hydrogen-bond donors (Lipinski definition) is 2. The first kappa shape index (κ1) is 13.3. The molecule has 0 bridgehead atoms. The summed E-state index contributed by atoms with van der Waals surface area (Å²) in [5, 5.41) is 12.0. The molecule has 1 saturated heterocycles. The first-order chi connectivity index (χ1) is 8.25. The van der Waals surface area contributed by atoms with E-state index in [0.717, 1.165) is 12.8 Å². The SMILES string of the molecule is CC(C(=O)O)(C(=O)NC1CC1)C1CCS(=O)(=O)C1. The number of carbonyl (C=O) groups is 2. The Labute approximate surface area is 106 Å². The minimum Gasteiger partial charge on any atom is -0.480 e. The fourth-order valence-electron chi connectivity index (χ4n) is 2.27. The third-order valence-electron chi connectivity index (χ3n) is 3.88. The van der Waals surface area contributed by atoms with Crippen LogP contribution in [0.15, 0.2) is 0 Å². The van der Waals surface area contributed by atoms with Gasteiger partial charge in [0.2, 0.25) is 5.91 Å². The summed E-state index contributed by atoms with van der Waals surface area (Å²) in [5.74, 6) is -2.69. The summed E-state index contributed by atoms with van der Waals surface area (Å²) in [6.45, 7) is 1.33. The standard InChI is InChI=1S/C11H17NO5S/c1-11(10(14)15,9(13)12-8-2-3-8)7-4-5-18(16,17)6-7/h7-8H,2-6H2,1H3,(H,12,13)(H,14,15). The van der Waals surface area contributed by atoms with Crippen LogP contribution in [0.25, 0.3) is 0 Å². The third kappa shape index (κ3) is 2.36. The second kappa shape index (κ2) is 4.22. The van der Waals surface area contributed by atoms with Crippen LogP contribution in [0, 0.1) is 11.3 Å². The first-order valence-corrected chi connectivity index (χ1v) is 7.82. The normalized spacial score (nSPS) is 29.5. The van der Waals surface area contributed by atoms with Gasteiger partial charge in [-0.25, -0.2) is 8.42 Å². The number of amides is 1. The number of carbonyl (C=O) groups excluding carboxylic acids is 1. The second-order valence-corrected chi connectivity index (χ2v) is 7.58. The van der Waals surface area contributed by atoms with Crippen molar-refractivity contribution in [3.05, 3.63) is 0 Å². The lowest BCUT2D eigenvalue weighted by molar-refractivity contribution is -0.158. The predicted octanol–water partition coefficient (Wildman–Crippen LogP) is -0.209. The van der Waals surface area contributed by atoms with Crippen molar-refractivity contribution >= 4 is 21.7 Å².